The summed E-state index contributed by atoms with van der Waals surface area (Å²) >= 11 is 0. The molecule has 0 saturated carbocycles. The number of hydrogen-bond donors (Lipinski definition) is 0. The predicted octanol–water partition coefficient (Wildman–Crippen LogP) is 1.01. The Kier molecular flexibility index (Phi) is 4.70. The predicted molar refractivity (Wildman–Crippen MR) is 85.5 cm³/mol. The van der Waals surface area contributed by atoms with Crippen molar-refractivity contribution in [2.24, 2.45) is 0 Å². The highest BCUT2D eigenvalue weighted by Gasteiger charge is 2.34. The van der Waals surface area contributed by atoms with Crippen molar-refractivity contribution in [1.82, 2.24) is 9.21 Å². The molecule has 2 aliphatic heterocycles. The number of nitrogens with zero attached hydrogens (tertiary/aromatic N) is 2. The number of hydrogen-bond acceptors (Lipinski definition) is 4. The number of sulfonamides is 1. The van der Waals surface area contributed by atoms with Gasteiger partial charge in [-0.25, -0.2) is 8.42 Å². The lowest BCUT2D eigenvalue weighted by Gasteiger charge is -2.35. The number of aryl methyl sites for hydroxylation is 1. The van der Waals surface area contributed by atoms with Crippen molar-refractivity contribution in [1.29, 1.82) is 0 Å². The molecule has 2 heterocycles. The molecule has 0 radical (unpaired) electrons. The number of rotatable bonds is 3. The zero-order valence-electron chi connectivity index (χ0n) is 13.3. The minimum absolute atomic E-state index is 0.00422. The molecule has 0 aromatic heterocycles. The summed E-state index contributed by atoms with van der Waals surface area (Å²) in [6.07, 6.45) is 1.34. The number of benzene rings is 1. The Labute approximate surface area is 137 Å². The number of piperazine rings is 1. The summed E-state index contributed by atoms with van der Waals surface area (Å²) in [4.78, 5) is 14.4. The van der Waals surface area contributed by atoms with Crippen LogP contribution in [0.4, 0.5) is 0 Å². The SMILES string of the molecule is Cc1ccccc1S(=O)(=O)N1CCN(C(=O)C2CCCO2)CC1. The third-order valence-electron chi connectivity index (χ3n) is 4.47. The Hall–Kier alpha value is -1.44. The quantitative estimate of drug-likeness (QED) is 0.825. The fourth-order valence-corrected chi connectivity index (χ4v) is 4.76. The average Bonchev–Trinajstić information content (AvgIpc) is 3.09. The molecule has 1 aromatic rings. The minimum atomic E-state index is -3.50. The van der Waals surface area contributed by atoms with E-state index in [1.165, 1.54) is 4.31 Å². The third-order valence-corrected chi connectivity index (χ3v) is 6.53. The number of amides is 1. The lowest BCUT2D eigenvalue weighted by atomic mass is 10.2. The van der Waals surface area contributed by atoms with Gasteiger partial charge >= 0.3 is 0 Å². The summed E-state index contributed by atoms with van der Waals surface area (Å²) < 4.78 is 32.4. The first-order chi connectivity index (χ1) is 11.0. The standard InChI is InChI=1S/C16H22N2O4S/c1-13-5-2-3-7-15(13)23(20,21)18-10-8-17(9-11-18)16(19)14-6-4-12-22-14/h2-3,5,7,14H,4,6,8-12H2,1H3. The molecular formula is C16H22N2O4S. The van der Waals surface area contributed by atoms with Crippen LogP contribution in [-0.4, -0.2) is 62.4 Å². The van der Waals surface area contributed by atoms with E-state index in [4.69, 9.17) is 4.74 Å². The number of ether oxygens (including phenoxy) is 1. The van der Waals surface area contributed by atoms with Gasteiger partial charge < -0.3 is 9.64 Å². The van der Waals surface area contributed by atoms with Crippen LogP contribution in [0.2, 0.25) is 0 Å². The van der Waals surface area contributed by atoms with Crippen LogP contribution in [0.5, 0.6) is 0 Å². The van der Waals surface area contributed by atoms with Gasteiger partial charge in [0.2, 0.25) is 10.0 Å². The fraction of sp³-hybridized carbons (Fsp3) is 0.562. The molecule has 0 spiro atoms. The number of carbonyl (C=O) groups is 1. The molecule has 2 fully saturated rings. The maximum absolute atomic E-state index is 12.7. The van der Waals surface area contributed by atoms with Crippen molar-refractivity contribution < 1.29 is 17.9 Å². The van der Waals surface area contributed by atoms with Crippen molar-refractivity contribution in [2.75, 3.05) is 32.8 Å². The van der Waals surface area contributed by atoms with Crippen LogP contribution < -0.4 is 0 Å². The summed E-state index contributed by atoms with van der Waals surface area (Å²) in [6.45, 7) is 3.93. The molecule has 23 heavy (non-hydrogen) atoms. The zero-order chi connectivity index (χ0) is 16.4. The molecule has 3 rings (SSSR count). The van der Waals surface area contributed by atoms with Crippen molar-refractivity contribution in [3.8, 4) is 0 Å². The van der Waals surface area contributed by atoms with Gasteiger partial charge in [0.05, 0.1) is 4.90 Å². The van der Waals surface area contributed by atoms with E-state index in [0.717, 1.165) is 18.4 Å². The molecule has 2 aliphatic rings. The van der Waals surface area contributed by atoms with E-state index in [9.17, 15) is 13.2 Å². The van der Waals surface area contributed by atoms with Crippen LogP contribution in [0.15, 0.2) is 29.2 Å². The van der Waals surface area contributed by atoms with E-state index < -0.39 is 10.0 Å². The van der Waals surface area contributed by atoms with E-state index in [1.807, 2.05) is 6.07 Å². The Morgan fingerprint density at radius 3 is 2.48 bits per heavy atom. The average molecular weight is 338 g/mol. The molecule has 2 saturated heterocycles. The summed E-state index contributed by atoms with van der Waals surface area (Å²) in [5.74, 6) is -0.00422. The second-order valence-corrected chi connectivity index (χ2v) is 7.90. The van der Waals surface area contributed by atoms with Crippen LogP contribution in [0.3, 0.4) is 0 Å². The van der Waals surface area contributed by atoms with Crippen molar-refractivity contribution in [2.45, 2.75) is 30.8 Å². The van der Waals surface area contributed by atoms with E-state index in [1.54, 1.807) is 30.0 Å². The molecule has 1 amide bonds. The number of carbonyl (C=O) groups excluding carboxylic acids is 1. The first-order valence-electron chi connectivity index (χ1n) is 7.96. The van der Waals surface area contributed by atoms with Crippen molar-refractivity contribution in [3.05, 3.63) is 29.8 Å². The van der Waals surface area contributed by atoms with E-state index >= 15 is 0 Å². The molecule has 7 heteroatoms. The van der Waals surface area contributed by atoms with Gasteiger partial charge in [-0.1, -0.05) is 18.2 Å². The topological polar surface area (TPSA) is 66.9 Å². The van der Waals surface area contributed by atoms with Crippen LogP contribution >= 0.6 is 0 Å². The largest absolute Gasteiger partial charge is 0.368 e. The Bertz CT molecular complexity index is 675. The molecular weight excluding hydrogens is 316 g/mol. The van der Waals surface area contributed by atoms with Gasteiger partial charge in [-0.3, -0.25) is 4.79 Å². The molecule has 0 N–H and O–H groups in total. The maximum Gasteiger partial charge on any atom is 0.251 e. The lowest BCUT2D eigenvalue weighted by Crippen LogP contribution is -2.52. The van der Waals surface area contributed by atoms with Gasteiger partial charge in [0.1, 0.15) is 6.10 Å². The molecule has 1 unspecified atom stereocenters. The monoisotopic (exact) mass is 338 g/mol. The summed E-state index contributed by atoms with van der Waals surface area (Å²) in [6, 6.07) is 6.99. The molecule has 0 aliphatic carbocycles. The van der Waals surface area contributed by atoms with Gasteiger partial charge in [-0.15, -0.1) is 0 Å². The van der Waals surface area contributed by atoms with Gasteiger partial charge in [0, 0.05) is 32.8 Å². The van der Waals surface area contributed by atoms with Crippen LogP contribution in [0.25, 0.3) is 0 Å². The van der Waals surface area contributed by atoms with E-state index in [2.05, 4.69) is 0 Å². The van der Waals surface area contributed by atoms with E-state index in [0.29, 0.717) is 37.7 Å². The minimum Gasteiger partial charge on any atom is -0.368 e. The van der Waals surface area contributed by atoms with E-state index in [-0.39, 0.29) is 12.0 Å². The van der Waals surface area contributed by atoms with Crippen molar-refractivity contribution >= 4 is 15.9 Å². The van der Waals surface area contributed by atoms with Crippen LogP contribution in [0, 0.1) is 6.92 Å². The Balaban J connectivity index is 1.66. The molecule has 1 atom stereocenters. The summed E-state index contributed by atoms with van der Waals surface area (Å²) in [7, 11) is -3.50. The third kappa shape index (κ3) is 3.27. The van der Waals surface area contributed by atoms with Gasteiger partial charge in [0.25, 0.3) is 5.91 Å². The smallest absolute Gasteiger partial charge is 0.251 e. The molecule has 126 valence electrons. The van der Waals surface area contributed by atoms with Gasteiger partial charge in [-0.05, 0) is 31.4 Å². The van der Waals surface area contributed by atoms with Gasteiger partial charge in [-0.2, -0.15) is 4.31 Å². The van der Waals surface area contributed by atoms with Crippen molar-refractivity contribution in [3.63, 3.8) is 0 Å². The lowest BCUT2D eigenvalue weighted by molar-refractivity contribution is -0.142. The molecule has 6 nitrogen and oxygen atoms in total. The second kappa shape index (κ2) is 6.59. The zero-order valence-corrected chi connectivity index (χ0v) is 14.1. The Morgan fingerprint density at radius 1 is 1.17 bits per heavy atom. The second-order valence-electron chi connectivity index (χ2n) is 6.00. The normalized spacial score (nSPS) is 23.2. The first kappa shape index (κ1) is 16.4. The van der Waals surface area contributed by atoms with Crippen LogP contribution in [-0.2, 0) is 19.6 Å². The first-order valence-corrected chi connectivity index (χ1v) is 9.40. The maximum atomic E-state index is 12.7. The van der Waals surface area contributed by atoms with Gasteiger partial charge in [0.15, 0.2) is 0 Å². The van der Waals surface area contributed by atoms with Crippen LogP contribution in [0.1, 0.15) is 18.4 Å². The molecule has 0 bridgehead atoms. The summed E-state index contributed by atoms with van der Waals surface area (Å²) in [5, 5.41) is 0. The highest BCUT2D eigenvalue weighted by Crippen LogP contribution is 2.22. The highest BCUT2D eigenvalue weighted by molar-refractivity contribution is 7.89. The molecule has 1 aromatic carbocycles. The highest BCUT2D eigenvalue weighted by atomic mass is 32.2. The summed E-state index contributed by atoms with van der Waals surface area (Å²) in [5.41, 5.74) is 0.741. The fourth-order valence-electron chi connectivity index (χ4n) is 3.11. The Morgan fingerprint density at radius 2 is 1.87 bits per heavy atom.